The Morgan fingerprint density at radius 2 is 2.00 bits per heavy atom. The van der Waals surface area contributed by atoms with E-state index >= 15 is 0 Å². The molecule has 2 heterocycles. The highest BCUT2D eigenvalue weighted by molar-refractivity contribution is 6.25. The van der Waals surface area contributed by atoms with Gasteiger partial charge in [0.25, 0.3) is 11.8 Å². The molecule has 0 saturated carbocycles. The number of fused-ring (bicyclic) bond motifs is 1. The van der Waals surface area contributed by atoms with E-state index < -0.39 is 23.8 Å². The molecule has 119 valence electrons. The quantitative estimate of drug-likeness (QED) is 0.799. The molecule has 0 aliphatic carbocycles. The zero-order valence-corrected chi connectivity index (χ0v) is 12.4. The fourth-order valence-corrected chi connectivity index (χ4v) is 2.89. The zero-order chi connectivity index (χ0) is 16.6. The number of nitrogens with zero attached hydrogens (tertiary/aromatic N) is 1. The number of amides is 4. The lowest BCUT2D eigenvalue weighted by atomic mass is 10.0. The average Bonchev–Trinajstić information content (AvgIpc) is 2.78. The van der Waals surface area contributed by atoms with Crippen LogP contribution in [0.2, 0.25) is 0 Å². The summed E-state index contributed by atoms with van der Waals surface area (Å²) in [5.74, 6) is -2.01. The van der Waals surface area contributed by atoms with Crippen LogP contribution in [0.3, 0.4) is 0 Å². The number of hydrogen-bond donors (Lipinski definition) is 2. The third-order valence-corrected chi connectivity index (χ3v) is 3.96. The van der Waals surface area contributed by atoms with E-state index in [2.05, 4.69) is 17.6 Å². The molecule has 1 atom stereocenters. The van der Waals surface area contributed by atoms with Gasteiger partial charge in [0.05, 0.1) is 11.1 Å². The molecule has 3 rings (SSSR count). The molecule has 1 aromatic carbocycles. The van der Waals surface area contributed by atoms with Gasteiger partial charge < -0.3 is 5.32 Å². The van der Waals surface area contributed by atoms with E-state index in [-0.39, 0.29) is 29.9 Å². The molecule has 2 aliphatic rings. The summed E-state index contributed by atoms with van der Waals surface area (Å²) < 4.78 is 0. The summed E-state index contributed by atoms with van der Waals surface area (Å²) in [5.41, 5.74) is 1.10. The lowest BCUT2D eigenvalue weighted by molar-refractivity contribution is -0.136. The maximum Gasteiger partial charge on any atom is 0.264 e. The number of imide groups is 2. The van der Waals surface area contributed by atoms with Gasteiger partial charge in [-0.15, -0.1) is 0 Å². The molecule has 7 heteroatoms. The largest absolute Gasteiger partial charge is 0.384 e. The molecule has 1 saturated heterocycles. The third-order valence-electron chi connectivity index (χ3n) is 3.96. The van der Waals surface area contributed by atoms with E-state index in [1.807, 2.05) is 0 Å². The Kier molecular flexibility index (Phi) is 3.85. The highest BCUT2D eigenvalue weighted by Gasteiger charge is 2.45. The first-order chi connectivity index (χ1) is 11.0. The third kappa shape index (κ3) is 2.48. The molecule has 1 aromatic rings. The van der Waals surface area contributed by atoms with E-state index in [1.165, 1.54) is 0 Å². The summed E-state index contributed by atoms with van der Waals surface area (Å²) in [6.07, 6.45) is 0.886. The molecule has 2 N–H and O–H groups in total. The minimum Gasteiger partial charge on any atom is -0.384 e. The number of piperidine rings is 1. The van der Waals surface area contributed by atoms with Gasteiger partial charge in [-0.25, -0.2) is 0 Å². The van der Waals surface area contributed by atoms with Gasteiger partial charge in [0, 0.05) is 18.7 Å². The van der Waals surface area contributed by atoms with Crippen molar-refractivity contribution < 1.29 is 19.2 Å². The number of anilines is 1. The summed E-state index contributed by atoms with van der Waals surface area (Å²) in [4.78, 5) is 49.5. The molecule has 4 amide bonds. The zero-order valence-electron chi connectivity index (χ0n) is 12.4. The normalized spacial score (nSPS) is 20.6. The Bertz CT molecular complexity index is 713. The summed E-state index contributed by atoms with van der Waals surface area (Å²) >= 11 is 0. The second kappa shape index (κ2) is 5.83. The highest BCUT2D eigenvalue weighted by Crippen LogP contribution is 2.32. The van der Waals surface area contributed by atoms with E-state index in [9.17, 15) is 19.2 Å². The molecular weight excluding hydrogens is 298 g/mol. The van der Waals surface area contributed by atoms with Crippen molar-refractivity contribution in [3.8, 4) is 0 Å². The number of carbonyl (C=O) groups excluding carboxylic acids is 4. The molecule has 1 unspecified atom stereocenters. The van der Waals surface area contributed by atoms with E-state index in [1.54, 1.807) is 18.2 Å². The number of rotatable bonds is 4. The van der Waals surface area contributed by atoms with Gasteiger partial charge >= 0.3 is 0 Å². The van der Waals surface area contributed by atoms with Gasteiger partial charge in [0.2, 0.25) is 11.8 Å². The summed E-state index contributed by atoms with van der Waals surface area (Å²) in [6.45, 7) is 4.29. The number of carbonyl (C=O) groups is 4. The summed E-state index contributed by atoms with van der Waals surface area (Å²) in [6, 6.07) is 4.02. The first-order valence-electron chi connectivity index (χ1n) is 7.42. The lowest BCUT2D eigenvalue weighted by Gasteiger charge is -2.27. The van der Waals surface area contributed by atoms with Gasteiger partial charge in [-0.3, -0.25) is 29.4 Å². The molecule has 23 heavy (non-hydrogen) atoms. The van der Waals surface area contributed by atoms with Crippen LogP contribution in [0, 0.1) is 6.92 Å². The monoisotopic (exact) mass is 314 g/mol. The Morgan fingerprint density at radius 1 is 1.22 bits per heavy atom. The van der Waals surface area contributed by atoms with Crippen molar-refractivity contribution in [3.05, 3.63) is 36.2 Å². The first kappa shape index (κ1) is 15.2. The van der Waals surface area contributed by atoms with Crippen LogP contribution in [-0.4, -0.2) is 41.1 Å². The molecule has 0 bridgehead atoms. The van der Waals surface area contributed by atoms with Crippen LogP contribution in [0.4, 0.5) is 5.69 Å². The van der Waals surface area contributed by atoms with E-state index in [0.29, 0.717) is 18.7 Å². The highest BCUT2D eigenvalue weighted by atomic mass is 16.2. The molecule has 0 aromatic heterocycles. The van der Waals surface area contributed by atoms with Crippen LogP contribution in [-0.2, 0) is 9.59 Å². The summed E-state index contributed by atoms with van der Waals surface area (Å²) in [5, 5.41) is 5.25. The van der Waals surface area contributed by atoms with Crippen LogP contribution in [0.1, 0.15) is 40.0 Å². The minimum absolute atomic E-state index is 0.108. The van der Waals surface area contributed by atoms with Gasteiger partial charge in [-0.05, 0) is 25.0 Å². The van der Waals surface area contributed by atoms with Gasteiger partial charge in [0.15, 0.2) is 0 Å². The smallest absolute Gasteiger partial charge is 0.264 e. The van der Waals surface area contributed by atoms with Crippen LogP contribution in [0.5, 0.6) is 0 Å². The SMILES string of the molecule is [CH2]CCNc1cccc2c1C(=O)N(C1CCC(=O)NC1=O)C2=O. The van der Waals surface area contributed by atoms with E-state index in [0.717, 1.165) is 4.90 Å². The van der Waals surface area contributed by atoms with Crippen molar-refractivity contribution in [2.75, 3.05) is 11.9 Å². The molecule has 0 spiro atoms. The van der Waals surface area contributed by atoms with Crippen LogP contribution >= 0.6 is 0 Å². The minimum atomic E-state index is -0.944. The van der Waals surface area contributed by atoms with Gasteiger partial charge in [0.1, 0.15) is 6.04 Å². The van der Waals surface area contributed by atoms with Gasteiger partial charge in [-0.1, -0.05) is 13.0 Å². The topological polar surface area (TPSA) is 95.6 Å². The number of benzene rings is 1. The van der Waals surface area contributed by atoms with Crippen molar-refractivity contribution in [1.82, 2.24) is 10.2 Å². The van der Waals surface area contributed by atoms with E-state index in [4.69, 9.17) is 0 Å². The Balaban J connectivity index is 1.94. The Hall–Kier alpha value is -2.70. The second-order valence-electron chi connectivity index (χ2n) is 5.46. The average molecular weight is 314 g/mol. The molecule has 1 radical (unpaired) electrons. The van der Waals surface area contributed by atoms with Crippen LogP contribution in [0.25, 0.3) is 0 Å². The maximum atomic E-state index is 12.7. The fraction of sp³-hybridized carbons (Fsp3) is 0.312. The fourth-order valence-electron chi connectivity index (χ4n) is 2.89. The van der Waals surface area contributed by atoms with Crippen molar-refractivity contribution in [3.63, 3.8) is 0 Å². The van der Waals surface area contributed by atoms with Crippen LogP contribution in [0.15, 0.2) is 18.2 Å². The standard InChI is InChI=1S/C16H16N3O4/c1-2-8-17-10-5-3-4-9-13(10)16(23)19(15(9)22)11-6-7-12(20)18-14(11)21/h3-5,11,17H,1-2,6-8H2,(H,18,20,21). The van der Waals surface area contributed by atoms with Crippen LogP contribution < -0.4 is 10.6 Å². The number of nitrogens with one attached hydrogen (secondary N) is 2. The first-order valence-corrected chi connectivity index (χ1v) is 7.42. The van der Waals surface area contributed by atoms with Crippen molar-refractivity contribution in [2.45, 2.75) is 25.3 Å². The van der Waals surface area contributed by atoms with Gasteiger partial charge in [-0.2, -0.15) is 0 Å². The molecular formula is C16H16N3O4. The Labute approximate surface area is 133 Å². The second-order valence-corrected chi connectivity index (χ2v) is 5.46. The molecule has 2 aliphatic heterocycles. The Morgan fingerprint density at radius 3 is 2.70 bits per heavy atom. The summed E-state index contributed by atoms with van der Waals surface area (Å²) in [7, 11) is 0. The number of hydrogen-bond acceptors (Lipinski definition) is 5. The lowest BCUT2D eigenvalue weighted by Crippen LogP contribution is -2.54. The predicted octanol–water partition coefficient (Wildman–Crippen LogP) is 0.724. The molecule has 1 fully saturated rings. The molecule has 7 nitrogen and oxygen atoms in total. The van der Waals surface area contributed by atoms with Crippen molar-refractivity contribution in [1.29, 1.82) is 0 Å². The van der Waals surface area contributed by atoms with Crippen molar-refractivity contribution in [2.24, 2.45) is 0 Å². The maximum absolute atomic E-state index is 12.7. The predicted molar refractivity (Wildman–Crippen MR) is 81.6 cm³/mol. The van der Waals surface area contributed by atoms with Crippen molar-refractivity contribution >= 4 is 29.3 Å².